The van der Waals surface area contributed by atoms with Crippen LogP contribution in [0.15, 0.2) is 17.2 Å². The minimum absolute atomic E-state index is 0.0103. The Kier molecular flexibility index (Phi) is 5.99. The van der Waals surface area contributed by atoms with Gasteiger partial charge < -0.3 is 10.5 Å². The summed E-state index contributed by atoms with van der Waals surface area (Å²) in [5.74, 6) is 0.0996. The highest BCUT2D eigenvalue weighted by molar-refractivity contribution is 7.89. The summed E-state index contributed by atoms with van der Waals surface area (Å²) in [4.78, 5) is 3.73. The maximum Gasteiger partial charge on any atom is 0.242 e. The van der Waals surface area contributed by atoms with Gasteiger partial charge in [0.15, 0.2) is 0 Å². The summed E-state index contributed by atoms with van der Waals surface area (Å²) in [6.07, 6.45) is 2.71. The number of sulfonamides is 1. The number of methoxy groups -OCH3 is 1. The van der Waals surface area contributed by atoms with E-state index in [0.29, 0.717) is 13.0 Å². The molecule has 1 unspecified atom stereocenters. The van der Waals surface area contributed by atoms with Gasteiger partial charge in [-0.2, -0.15) is 0 Å². The molecule has 0 saturated heterocycles. The van der Waals surface area contributed by atoms with Crippen molar-refractivity contribution in [3.05, 3.63) is 17.3 Å². The van der Waals surface area contributed by atoms with E-state index in [1.54, 1.807) is 0 Å². The molecule has 6 nitrogen and oxygen atoms in total. The van der Waals surface area contributed by atoms with Gasteiger partial charge in [0.2, 0.25) is 10.0 Å². The largest absolute Gasteiger partial charge is 0.383 e. The maximum atomic E-state index is 12.1. The van der Waals surface area contributed by atoms with E-state index in [2.05, 4.69) is 9.71 Å². The van der Waals surface area contributed by atoms with E-state index in [-0.39, 0.29) is 21.8 Å². The zero-order valence-electron chi connectivity index (χ0n) is 10.9. The Morgan fingerprint density at radius 1 is 1.58 bits per heavy atom. The average molecular weight is 308 g/mol. The van der Waals surface area contributed by atoms with Crippen LogP contribution in [0.4, 0.5) is 5.82 Å². The highest BCUT2D eigenvalue weighted by Gasteiger charge is 2.20. The molecule has 0 spiro atoms. The van der Waals surface area contributed by atoms with Gasteiger partial charge in [0.05, 0.1) is 11.6 Å². The summed E-state index contributed by atoms with van der Waals surface area (Å²) < 4.78 is 31.9. The number of nitrogens with two attached hydrogens (primary N) is 1. The molecule has 1 aromatic heterocycles. The SMILES string of the molecule is CCCC(COC)NS(=O)(=O)c1cnc(N)c(Cl)c1. The van der Waals surface area contributed by atoms with Crippen molar-refractivity contribution in [3.8, 4) is 0 Å². The van der Waals surface area contributed by atoms with Gasteiger partial charge in [-0.05, 0) is 12.5 Å². The van der Waals surface area contributed by atoms with E-state index < -0.39 is 10.0 Å². The van der Waals surface area contributed by atoms with Crippen LogP contribution < -0.4 is 10.5 Å². The average Bonchev–Trinajstić information content (AvgIpc) is 2.32. The number of ether oxygens (including phenoxy) is 1. The molecule has 0 saturated carbocycles. The predicted octanol–water partition coefficient (Wildman–Crippen LogP) is 1.41. The van der Waals surface area contributed by atoms with E-state index in [1.807, 2.05) is 6.92 Å². The van der Waals surface area contributed by atoms with Crippen molar-refractivity contribution < 1.29 is 13.2 Å². The number of nitrogen functional groups attached to an aromatic ring is 1. The topological polar surface area (TPSA) is 94.3 Å². The summed E-state index contributed by atoms with van der Waals surface area (Å²) >= 11 is 5.77. The first-order valence-corrected chi connectivity index (χ1v) is 7.69. The standard InChI is InChI=1S/C11H18ClN3O3S/c1-3-4-8(7-18-2)15-19(16,17)9-5-10(12)11(13)14-6-9/h5-6,8,15H,3-4,7H2,1-2H3,(H2,13,14). The molecule has 1 aromatic rings. The van der Waals surface area contributed by atoms with Crippen LogP contribution in [-0.4, -0.2) is 33.2 Å². The highest BCUT2D eigenvalue weighted by atomic mass is 35.5. The van der Waals surface area contributed by atoms with Gasteiger partial charge in [0.25, 0.3) is 0 Å². The molecular formula is C11H18ClN3O3S. The Hall–Kier alpha value is -0.890. The molecule has 1 heterocycles. The molecule has 0 aliphatic heterocycles. The first-order valence-electron chi connectivity index (χ1n) is 5.83. The van der Waals surface area contributed by atoms with Crippen LogP contribution in [0.2, 0.25) is 5.02 Å². The van der Waals surface area contributed by atoms with E-state index in [9.17, 15) is 8.42 Å². The minimum Gasteiger partial charge on any atom is -0.383 e. The van der Waals surface area contributed by atoms with Gasteiger partial charge >= 0.3 is 0 Å². The lowest BCUT2D eigenvalue weighted by Crippen LogP contribution is -2.37. The van der Waals surface area contributed by atoms with Crippen molar-refractivity contribution in [1.29, 1.82) is 0 Å². The van der Waals surface area contributed by atoms with Crippen molar-refractivity contribution in [1.82, 2.24) is 9.71 Å². The van der Waals surface area contributed by atoms with Gasteiger partial charge in [-0.1, -0.05) is 24.9 Å². The molecule has 3 N–H and O–H groups in total. The van der Waals surface area contributed by atoms with Crippen molar-refractivity contribution in [2.75, 3.05) is 19.5 Å². The van der Waals surface area contributed by atoms with Gasteiger partial charge in [0, 0.05) is 19.3 Å². The van der Waals surface area contributed by atoms with E-state index >= 15 is 0 Å². The molecule has 108 valence electrons. The van der Waals surface area contributed by atoms with Crippen LogP contribution in [0, 0.1) is 0 Å². The Morgan fingerprint density at radius 2 is 2.26 bits per heavy atom. The number of hydrogen-bond donors (Lipinski definition) is 2. The van der Waals surface area contributed by atoms with Gasteiger partial charge in [-0.3, -0.25) is 0 Å². The van der Waals surface area contributed by atoms with E-state index in [4.69, 9.17) is 22.1 Å². The van der Waals surface area contributed by atoms with Crippen LogP contribution in [-0.2, 0) is 14.8 Å². The number of nitrogens with zero attached hydrogens (tertiary/aromatic N) is 1. The fourth-order valence-electron chi connectivity index (χ4n) is 1.59. The summed E-state index contributed by atoms with van der Waals surface area (Å²) in [6, 6.07) is 0.999. The number of hydrogen-bond acceptors (Lipinski definition) is 5. The first kappa shape index (κ1) is 16.2. The summed E-state index contributed by atoms with van der Waals surface area (Å²) in [5.41, 5.74) is 5.45. The molecule has 1 rings (SSSR count). The number of anilines is 1. The van der Waals surface area contributed by atoms with Crippen molar-refractivity contribution in [2.24, 2.45) is 0 Å². The third-order valence-electron chi connectivity index (χ3n) is 2.48. The van der Waals surface area contributed by atoms with Crippen LogP contribution in [0.3, 0.4) is 0 Å². The normalized spacial score (nSPS) is 13.4. The van der Waals surface area contributed by atoms with Crippen LogP contribution in [0.25, 0.3) is 0 Å². The molecule has 0 aliphatic rings. The third kappa shape index (κ3) is 4.61. The lowest BCUT2D eigenvalue weighted by atomic mass is 10.2. The molecule has 0 fully saturated rings. The summed E-state index contributed by atoms with van der Waals surface area (Å²) in [6.45, 7) is 2.28. The van der Waals surface area contributed by atoms with Crippen molar-refractivity contribution >= 4 is 27.4 Å². The molecular weight excluding hydrogens is 290 g/mol. The summed E-state index contributed by atoms with van der Waals surface area (Å²) in [5, 5.41) is 0.113. The smallest absolute Gasteiger partial charge is 0.242 e. The van der Waals surface area contributed by atoms with Crippen molar-refractivity contribution in [3.63, 3.8) is 0 Å². The minimum atomic E-state index is -3.68. The number of aromatic nitrogens is 1. The van der Waals surface area contributed by atoms with Crippen molar-refractivity contribution in [2.45, 2.75) is 30.7 Å². The Bertz CT molecular complexity index is 516. The fraction of sp³-hybridized carbons (Fsp3) is 0.545. The van der Waals surface area contributed by atoms with Crippen LogP contribution >= 0.6 is 11.6 Å². The molecule has 0 radical (unpaired) electrons. The zero-order chi connectivity index (χ0) is 14.5. The molecule has 0 amide bonds. The van der Waals surface area contributed by atoms with Gasteiger partial charge in [0.1, 0.15) is 10.7 Å². The Labute approximate surface area is 118 Å². The lowest BCUT2D eigenvalue weighted by Gasteiger charge is -2.17. The predicted molar refractivity (Wildman–Crippen MR) is 74.6 cm³/mol. The second-order valence-corrected chi connectivity index (χ2v) is 6.22. The molecule has 1 atom stereocenters. The number of halogens is 1. The fourth-order valence-corrected chi connectivity index (χ4v) is 3.05. The highest BCUT2D eigenvalue weighted by Crippen LogP contribution is 2.20. The van der Waals surface area contributed by atoms with E-state index in [1.165, 1.54) is 19.4 Å². The maximum absolute atomic E-state index is 12.1. The molecule has 8 heteroatoms. The first-order chi connectivity index (χ1) is 8.90. The molecule has 0 bridgehead atoms. The second-order valence-electron chi connectivity index (χ2n) is 4.10. The molecule has 0 aliphatic carbocycles. The Balaban J connectivity index is 2.92. The van der Waals surface area contributed by atoms with Crippen LogP contribution in [0.1, 0.15) is 19.8 Å². The monoisotopic (exact) mass is 307 g/mol. The lowest BCUT2D eigenvalue weighted by molar-refractivity contribution is 0.171. The second kappa shape index (κ2) is 7.04. The molecule has 0 aromatic carbocycles. The Morgan fingerprint density at radius 3 is 2.79 bits per heavy atom. The molecule has 19 heavy (non-hydrogen) atoms. The van der Waals surface area contributed by atoms with E-state index in [0.717, 1.165) is 6.42 Å². The van der Waals surface area contributed by atoms with Crippen LogP contribution in [0.5, 0.6) is 0 Å². The third-order valence-corrected chi connectivity index (χ3v) is 4.27. The number of nitrogens with one attached hydrogen (secondary N) is 1. The number of rotatable bonds is 7. The summed E-state index contributed by atoms with van der Waals surface area (Å²) in [7, 11) is -2.15. The van der Waals surface area contributed by atoms with Gasteiger partial charge in [-0.25, -0.2) is 18.1 Å². The zero-order valence-corrected chi connectivity index (χ0v) is 12.5. The number of pyridine rings is 1. The quantitative estimate of drug-likeness (QED) is 0.794. The van der Waals surface area contributed by atoms with Gasteiger partial charge in [-0.15, -0.1) is 0 Å².